The molecule has 2 aromatic rings. The van der Waals surface area contributed by atoms with Crippen LogP contribution >= 0.6 is 0 Å². The van der Waals surface area contributed by atoms with E-state index in [2.05, 4.69) is 22.3 Å². The van der Waals surface area contributed by atoms with Crippen molar-refractivity contribution >= 4 is 6.03 Å². The summed E-state index contributed by atoms with van der Waals surface area (Å²) in [7, 11) is 1.89. The zero-order chi connectivity index (χ0) is 15.9. The van der Waals surface area contributed by atoms with Crippen LogP contribution < -0.4 is 5.32 Å². The van der Waals surface area contributed by atoms with E-state index in [1.165, 1.54) is 0 Å². The molecular weight excluding hydrogens is 278 g/mol. The normalized spacial score (nSPS) is 12.0. The van der Waals surface area contributed by atoms with Crippen LogP contribution in [-0.2, 0) is 13.6 Å². The Morgan fingerprint density at radius 3 is 2.55 bits per heavy atom. The van der Waals surface area contributed by atoms with Crippen LogP contribution in [0.1, 0.15) is 37.6 Å². The summed E-state index contributed by atoms with van der Waals surface area (Å²) in [5.41, 5.74) is 2.08. The number of urea groups is 1. The molecule has 2 aromatic heterocycles. The first-order valence-corrected chi connectivity index (χ1v) is 7.57. The maximum absolute atomic E-state index is 12.5. The molecule has 2 heterocycles. The molecule has 2 rings (SSSR count). The molecule has 1 N–H and O–H groups in total. The van der Waals surface area contributed by atoms with Gasteiger partial charge in [0.15, 0.2) is 0 Å². The quantitative estimate of drug-likeness (QED) is 0.891. The highest BCUT2D eigenvalue weighted by Crippen LogP contribution is 2.16. The van der Waals surface area contributed by atoms with E-state index in [-0.39, 0.29) is 12.1 Å². The van der Waals surface area contributed by atoms with Crippen LogP contribution in [0.2, 0.25) is 0 Å². The van der Waals surface area contributed by atoms with Crippen LogP contribution in [0.5, 0.6) is 0 Å². The fraction of sp³-hybridized carbons (Fsp3) is 0.438. The number of hydrogen-bond donors (Lipinski definition) is 1. The van der Waals surface area contributed by atoms with Gasteiger partial charge in [-0.15, -0.1) is 0 Å². The third-order valence-electron chi connectivity index (χ3n) is 3.71. The molecule has 0 radical (unpaired) electrons. The Bertz CT molecular complexity index is 596. The van der Waals surface area contributed by atoms with Crippen molar-refractivity contribution in [3.8, 4) is 0 Å². The van der Waals surface area contributed by atoms with Gasteiger partial charge in [-0.3, -0.25) is 9.67 Å². The minimum atomic E-state index is -0.0626. The Kier molecular flexibility index (Phi) is 5.52. The summed E-state index contributed by atoms with van der Waals surface area (Å²) in [6.45, 7) is 5.26. The largest absolute Gasteiger partial charge is 0.330 e. The first kappa shape index (κ1) is 16.0. The number of rotatable bonds is 6. The molecule has 0 aromatic carbocycles. The van der Waals surface area contributed by atoms with E-state index < -0.39 is 0 Å². The molecule has 0 saturated heterocycles. The number of aromatic nitrogens is 3. The summed E-state index contributed by atoms with van der Waals surface area (Å²) in [5, 5.41) is 7.26. The molecule has 22 heavy (non-hydrogen) atoms. The Morgan fingerprint density at radius 2 is 2.00 bits per heavy atom. The average Bonchev–Trinajstić information content (AvgIpc) is 2.97. The molecule has 0 spiro atoms. The molecule has 0 aliphatic rings. The van der Waals surface area contributed by atoms with Gasteiger partial charge in [-0.1, -0.05) is 6.92 Å². The lowest BCUT2D eigenvalue weighted by Crippen LogP contribution is -2.41. The van der Waals surface area contributed by atoms with Gasteiger partial charge in [0, 0.05) is 38.7 Å². The Hall–Kier alpha value is -2.37. The molecule has 0 bridgehead atoms. The third kappa shape index (κ3) is 3.84. The maximum Gasteiger partial charge on any atom is 0.318 e. The smallest absolute Gasteiger partial charge is 0.318 e. The van der Waals surface area contributed by atoms with Gasteiger partial charge in [-0.2, -0.15) is 5.10 Å². The lowest BCUT2D eigenvalue weighted by atomic mass is 10.1. The van der Waals surface area contributed by atoms with Crippen molar-refractivity contribution in [3.63, 3.8) is 0 Å². The molecule has 118 valence electrons. The van der Waals surface area contributed by atoms with Gasteiger partial charge in [0.25, 0.3) is 0 Å². The topological polar surface area (TPSA) is 63.1 Å². The van der Waals surface area contributed by atoms with Crippen molar-refractivity contribution in [3.05, 3.63) is 48.0 Å². The summed E-state index contributed by atoms with van der Waals surface area (Å²) in [4.78, 5) is 18.3. The van der Waals surface area contributed by atoms with E-state index in [0.717, 1.165) is 17.7 Å². The lowest BCUT2D eigenvalue weighted by Gasteiger charge is -2.25. The van der Waals surface area contributed by atoms with Crippen LogP contribution in [0.3, 0.4) is 0 Å². The summed E-state index contributed by atoms with van der Waals surface area (Å²) in [6, 6.07) is 5.69. The molecule has 1 atom stereocenters. The number of amides is 2. The van der Waals surface area contributed by atoms with Crippen LogP contribution in [0.15, 0.2) is 36.8 Å². The Labute approximate surface area is 131 Å². The minimum Gasteiger partial charge on any atom is -0.330 e. The summed E-state index contributed by atoms with van der Waals surface area (Å²) in [5.74, 6) is 0. The maximum atomic E-state index is 12.5. The van der Waals surface area contributed by atoms with Crippen molar-refractivity contribution in [2.45, 2.75) is 32.9 Å². The predicted octanol–water partition coefficient (Wildman–Crippen LogP) is 2.50. The number of pyridine rings is 1. The van der Waals surface area contributed by atoms with Gasteiger partial charge >= 0.3 is 6.03 Å². The number of nitrogens with one attached hydrogen (secondary N) is 1. The van der Waals surface area contributed by atoms with Crippen molar-refractivity contribution in [2.24, 2.45) is 7.05 Å². The molecular formula is C16H23N5O. The molecule has 0 aliphatic carbocycles. The van der Waals surface area contributed by atoms with Gasteiger partial charge in [-0.25, -0.2) is 4.79 Å². The highest BCUT2D eigenvalue weighted by Gasteiger charge is 2.19. The highest BCUT2D eigenvalue weighted by atomic mass is 16.2. The Morgan fingerprint density at radius 1 is 1.27 bits per heavy atom. The second-order valence-corrected chi connectivity index (χ2v) is 5.16. The second kappa shape index (κ2) is 7.59. The fourth-order valence-electron chi connectivity index (χ4n) is 2.39. The van der Waals surface area contributed by atoms with Crippen molar-refractivity contribution in [1.29, 1.82) is 0 Å². The number of nitrogens with zero attached hydrogens (tertiary/aromatic N) is 4. The van der Waals surface area contributed by atoms with E-state index in [1.54, 1.807) is 28.2 Å². The average molecular weight is 301 g/mol. The van der Waals surface area contributed by atoms with E-state index >= 15 is 0 Å². The van der Waals surface area contributed by atoms with Gasteiger partial charge in [0.05, 0.1) is 11.7 Å². The summed E-state index contributed by atoms with van der Waals surface area (Å²) >= 11 is 0. The lowest BCUT2D eigenvalue weighted by molar-refractivity contribution is 0.193. The molecule has 0 fully saturated rings. The van der Waals surface area contributed by atoms with Crippen LogP contribution in [0.25, 0.3) is 0 Å². The number of carbonyl (C=O) groups excluding carboxylic acids is 1. The second-order valence-electron chi connectivity index (χ2n) is 5.16. The van der Waals surface area contributed by atoms with Crippen molar-refractivity contribution in [2.75, 3.05) is 6.54 Å². The molecule has 0 saturated carbocycles. The molecule has 6 nitrogen and oxygen atoms in total. The third-order valence-corrected chi connectivity index (χ3v) is 3.71. The predicted molar refractivity (Wildman–Crippen MR) is 85.1 cm³/mol. The minimum absolute atomic E-state index is 0.0357. The monoisotopic (exact) mass is 301 g/mol. The number of aryl methyl sites for hydroxylation is 1. The SMILES string of the molecule is CCC(NC(=O)N(CC)Cc1ccncc1)c1ccnn1C. The molecule has 6 heteroatoms. The van der Waals surface area contributed by atoms with Gasteiger partial charge in [0.1, 0.15) is 0 Å². The van der Waals surface area contributed by atoms with E-state index in [1.807, 2.05) is 32.2 Å². The van der Waals surface area contributed by atoms with Crippen LogP contribution in [0, 0.1) is 0 Å². The number of carbonyl (C=O) groups is 1. The van der Waals surface area contributed by atoms with Gasteiger partial charge in [0.2, 0.25) is 0 Å². The van der Waals surface area contributed by atoms with E-state index in [9.17, 15) is 4.79 Å². The molecule has 0 aliphatic heterocycles. The summed E-state index contributed by atoms with van der Waals surface area (Å²) < 4.78 is 1.80. The van der Waals surface area contributed by atoms with E-state index in [0.29, 0.717) is 13.1 Å². The first-order valence-electron chi connectivity index (χ1n) is 7.57. The van der Waals surface area contributed by atoms with Crippen molar-refractivity contribution in [1.82, 2.24) is 25.0 Å². The van der Waals surface area contributed by atoms with Crippen LogP contribution in [-0.4, -0.2) is 32.2 Å². The molecule has 1 unspecified atom stereocenters. The Balaban J connectivity index is 2.03. The standard InChI is InChI=1S/C16H23N5O/c1-4-14(15-8-11-18-20(15)3)19-16(22)21(5-2)12-13-6-9-17-10-7-13/h6-11,14H,4-5,12H2,1-3H3,(H,19,22). The first-order chi connectivity index (χ1) is 10.7. The number of hydrogen-bond acceptors (Lipinski definition) is 3. The van der Waals surface area contributed by atoms with Gasteiger partial charge < -0.3 is 10.2 Å². The summed E-state index contributed by atoms with van der Waals surface area (Å²) in [6.07, 6.45) is 6.05. The molecule has 2 amide bonds. The van der Waals surface area contributed by atoms with Crippen LogP contribution in [0.4, 0.5) is 4.79 Å². The zero-order valence-corrected chi connectivity index (χ0v) is 13.4. The zero-order valence-electron chi connectivity index (χ0n) is 13.4. The van der Waals surface area contributed by atoms with Gasteiger partial charge in [-0.05, 0) is 37.1 Å². The van der Waals surface area contributed by atoms with Crippen molar-refractivity contribution < 1.29 is 4.79 Å². The highest BCUT2D eigenvalue weighted by molar-refractivity contribution is 5.74. The fourth-order valence-corrected chi connectivity index (χ4v) is 2.39. The van der Waals surface area contributed by atoms with E-state index in [4.69, 9.17) is 0 Å².